The predicted octanol–water partition coefficient (Wildman–Crippen LogP) is 0.735. The lowest BCUT2D eigenvalue weighted by atomic mass is 9.97. The van der Waals surface area contributed by atoms with Gasteiger partial charge in [-0.15, -0.1) is 12.4 Å². The van der Waals surface area contributed by atoms with Crippen molar-refractivity contribution in [2.24, 2.45) is 5.92 Å². The molecule has 0 aromatic carbocycles. The van der Waals surface area contributed by atoms with E-state index < -0.39 is 0 Å². The van der Waals surface area contributed by atoms with E-state index in [1.165, 1.54) is 0 Å². The van der Waals surface area contributed by atoms with Gasteiger partial charge < -0.3 is 15.1 Å². The number of rotatable bonds is 5. The van der Waals surface area contributed by atoms with Gasteiger partial charge in [-0.1, -0.05) is 0 Å². The van der Waals surface area contributed by atoms with E-state index >= 15 is 0 Å². The van der Waals surface area contributed by atoms with Gasteiger partial charge in [0.15, 0.2) is 0 Å². The normalized spacial score (nSPS) is 15.5. The smallest absolute Gasteiger partial charge is 0.242 e. The minimum absolute atomic E-state index is 0. The number of carbonyl (C=O) groups excluding carboxylic acids is 2. The molecule has 1 aliphatic heterocycles. The third-order valence-corrected chi connectivity index (χ3v) is 3.55. The summed E-state index contributed by atoms with van der Waals surface area (Å²) in [6, 6.07) is 0. The van der Waals surface area contributed by atoms with Crippen LogP contribution in [0.1, 0.15) is 26.7 Å². The van der Waals surface area contributed by atoms with E-state index in [-0.39, 0.29) is 36.7 Å². The molecular weight excluding hydrogens is 266 g/mol. The molecule has 0 aromatic heterocycles. The third kappa shape index (κ3) is 5.37. The van der Waals surface area contributed by atoms with Crippen LogP contribution in [0.2, 0.25) is 0 Å². The highest BCUT2D eigenvalue weighted by atomic mass is 35.5. The van der Waals surface area contributed by atoms with Gasteiger partial charge in [-0.25, -0.2) is 0 Å². The summed E-state index contributed by atoms with van der Waals surface area (Å²) in [5.74, 6) is 0.225. The van der Waals surface area contributed by atoms with Gasteiger partial charge in [0.2, 0.25) is 11.8 Å². The van der Waals surface area contributed by atoms with Crippen molar-refractivity contribution >= 4 is 24.2 Å². The maximum Gasteiger partial charge on any atom is 0.242 e. The van der Waals surface area contributed by atoms with Gasteiger partial charge in [0.25, 0.3) is 0 Å². The maximum absolute atomic E-state index is 12.2. The Kier molecular flexibility index (Phi) is 8.76. The minimum Gasteiger partial charge on any atom is -0.342 e. The summed E-state index contributed by atoms with van der Waals surface area (Å²) in [7, 11) is 1.73. The molecule has 0 atom stereocenters. The first-order valence-electron chi connectivity index (χ1n) is 6.83. The minimum atomic E-state index is 0. The molecule has 0 aliphatic carbocycles. The van der Waals surface area contributed by atoms with Crippen molar-refractivity contribution in [1.82, 2.24) is 15.1 Å². The summed E-state index contributed by atoms with van der Waals surface area (Å²) in [5.41, 5.74) is 0. The van der Waals surface area contributed by atoms with Crippen LogP contribution in [-0.4, -0.2) is 61.4 Å². The lowest BCUT2D eigenvalue weighted by Gasteiger charge is -2.28. The number of hydrogen-bond donors (Lipinski definition) is 1. The molecule has 0 saturated carbocycles. The molecule has 0 bridgehead atoms. The monoisotopic (exact) mass is 291 g/mol. The number of hydrogen-bond acceptors (Lipinski definition) is 3. The van der Waals surface area contributed by atoms with Crippen LogP contribution in [-0.2, 0) is 9.59 Å². The maximum atomic E-state index is 12.2. The highest BCUT2D eigenvalue weighted by Gasteiger charge is 2.25. The molecule has 5 nitrogen and oxygen atoms in total. The fraction of sp³-hybridized carbons (Fsp3) is 0.846. The zero-order chi connectivity index (χ0) is 13.5. The average Bonchev–Trinajstić information content (AvgIpc) is 2.40. The van der Waals surface area contributed by atoms with Crippen LogP contribution in [0.4, 0.5) is 0 Å². The van der Waals surface area contributed by atoms with Gasteiger partial charge in [0.1, 0.15) is 0 Å². The van der Waals surface area contributed by atoms with Crippen LogP contribution >= 0.6 is 12.4 Å². The SMILES string of the molecule is CCN(CC)C(=O)CN(C)C(=O)C1CCNCC1.Cl. The third-order valence-electron chi connectivity index (χ3n) is 3.55. The second kappa shape index (κ2) is 9.15. The average molecular weight is 292 g/mol. The standard InChI is InChI=1S/C13H25N3O2.ClH/c1-4-16(5-2)12(17)10-15(3)13(18)11-6-8-14-9-7-11;/h11,14H,4-10H2,1-3H3;1H. The van der Waals surface area contributed by atoms with Crippen molar-refractivity contribution in [3.05, 3.63) is 0 Å². The van der Waals surface area contributed by atoms with Crippen molar-refractivity contribution in [2.45, 2.75) is 26.7 Å². The first-order chi connectivity index (χ1) is 8.60. The molecule has 1 fully saturated rings. The molecule has 19 heavy (non-hydrogen) atoms. The Bertz CT molecular complexity index is 290. The van der Waals surface area contributed by atoms with Crippen LogP contribution < -0.4 is 5.32 Å². The van der Waals surface area contributed by atoms with Gasteiger partial charge >= 0.3 is 0 Å². The van der Waals surface area contributed by atoms with Gasteiger partial charge in [-0.05, 0) is 39.8 Å². The topological polar surface area (TPSA) is 52.7 Å². The van der Waals surface area contributed by atoms with E-state index in [1.54, 1.807) is 16.8 Å². The Morgan fingerprint density at radius 3 is 2.16 bits per heavy atom. The van der Waals surface area contributed by atoms with Crippen LogP contribution in [0.25, 0.3) is 0 Å². The molecule has 0 unspecified atom stereocenters. The fourth-order valence-corrected chi connectivity index (χ4v) is 2.34. The number of halogens is 1. The van der Waals surface area contributed by atoms with Gasteiger partial charge in [-0.2, -0.15) is 0 Å². The molecule has 1 saturated heterocycles. The second-order valence-electron chi connectivity index (χ2n) is 4.78. The quantitative estimate of drug-likeness (QED) is 0.813. The van der Waals surface area contributed by atoms with Crippen LogP contribution in [0.3, 0.4) is 0 Å². The zero-order valence-electron chi connectivity index (χ0n) is 12.1. The molecule has 0 radical (unpaired) electrons. The molecular formula is C13H26ClN3O2. The predicted molar refractivity (Wildman–Crippen MR) is 78.4 cm³/mol. The Hall–Kier alpha value is -0.810. The molecule has 1 N–H and O–H groups in total. The van der Waals surface area contributed by atoms with E-state index in [1.807, 2.05) is 13.8 Å². The highest BCUT2D eigenvalue weighted by molar-refractivity contribution is 5.86. The summed E-state index contributed by atoms with van der Waals surface area (Å²) in [5, 5.41) is 3.24. The van der Waals surface area contributed by atoms with Crippen molar-refractivity contribution < 1.29 is 9.59 Å². The van der Waals surface area contributed by atoms with Gasteiger partial charge in [0.05, 0.1) is 6.54 Å². The Morgan fingerprint density at radius 2 is 1.68 bits per heavy atom. The fourth-order valence-electron chi connectivity index (χ4n) is 2.34. The first-order valence-corrected chi connectivity index (χ1v) is 6.83. The molecule has 1 heterocycles. The van der Waals surface area contributed by atoms with Gasteiger partial charge in [0, 0.05) is 26.1 Å². The lowest BCUT2D eigenvalue weighted by molar-refractivity contribution is -0.142. The van der Waals surface area contributed by atoms with Crippen LogP contribution in [0.5, 0.6) is 0 Å². The highest BCUT2D eigenvalue weighted by Crippen LogP contribution is 2.14. The lowest BCUT2D eigenvalue weighted by Crippen LogP contribution is -2.44. The Balaban J connectivity index is 0.00000324. The van der Waals surface area contributed by atoms with Gasteiger partial charge in [-0.3, -0.25) is 9.59 Å². The number of carbonyl (C=O) groups is 2. The summed E-state index contributed by atoms with van der Waals surface area (Å²) in [4.78, 5) is 27.4. The summed E-state index contributed by atoms with van der Waals surface area (Å²) >= 11 is 0. The van der Waals surface area contributed by atoms with Crippen molar-refractivity contribution in [2.75, 3.05) is 39.8 Å². The molecule has 1 aliphatic rings. The summed E-state index contributed by atoms with van der Waals surface area (Å²) < 4.78 is 0. The molecule has 6 heteroatoms. The van der Waals surface area contributed by atoms with E-state index in [0.29, 0.717) is 13.1 Å². The van der Waals surface area contributed by atoms with E-state index in [4.69, 9.17) is 0 Å². The van der Waals surface area contributed by atoms with Crippen molar-refractivity contribution in [3.63, 3.8) is 0 Å². The summed E-state index contributed by atoms with van der Waals surface area (Å²) in [6.45, 7) is 7.30. The molecule has 112 valence electrons. The number of piperidine rings is 1. The van der Waals surface area contributed by atoms with E-state index in [9.17, 15) is 9.59 Å². The zero-order valence-corrected chi connectivity index (χ0v) is 13.0. The molecule has 0 spiro atoms. The van der Waals surface area contributed by atoms with E-state index in [2.05, 4.69) is 5.32 Å². The Morgan fingerprint density at radius 1 is 1.16 bits per heavy atom. The second-order valence-corrected chi connectivity index (χ2v) is 4.78. The summed E-state index contributed by atoms with van der Waals surface area (Å²) in [6.07, 6.45) is 1.76. The molecule has 0 aromatic rings. The molecule has 2 amide bonds. The largest absolute Gasteiger partial charge is 0.342 e. The Labute approximate surface area is 122 Å². The van der Waals surface area contributed by atoms with Crippen molar-refractivity contribution in [3.8, 4) is 0 Å². The van der Waals surface area contributed by atoms with Crippen LogP contribution in [0.15, 0.2) is 0 Å². The number of likely N-dealkylation sites (N-methyl/N-ethyl adjacent to an activating group) is 2. The molecule has 1 rings (SSSR count). The van der Waals surface area contributed by atoms with E-state index in [0.717, 1.165) is 25.9 Å². The number of amides is 2. The first kappa shape index (κ1) is 18.2. The van der Waals surface area contributed by atoms with Crippen molar-refractivity contribution in [1.29, 1.82) is 0 Å². The number of nitrogens with one attached hydrogen (secondary N) is 1. The van der Waals surface area contributed by atoms with Crippen LogP contribution in [0, 0.1) is 5.92 Å². The number of nitrogens with zero attached hydrogens (tertiary/aromatic N) is 2.